The Balaban J connectivity index is 1.94. The van der Waals surface area contributed by atoms with E-state index in [1.165, 1.54) is 24.1 Å². The molecule has 0 radical (unpaired) electrons. The van der Waals surface area contributed by atoms with E-state index in [0.29, 0.717) is 18.7 Å². The minimum absolute atomic E-state index is 0.298. The third kappa shape index (κ3) is 3.78. The van der Waals surface area contributed by atoms with Crippen LogP contribution in [0.15, 0.2) is 15.9 Å². The van der Waals surface area contributed by atoms with Crippen LogP contribution in [0.5, 0.6) is 0 Å². The van der Waals surface area contributed by atoms with Crippen LogP contribution in [0.4, 0.5) is 0 Å². The molecule has 2 unspecified atom stereocenters. The second-order valence-corrected chi connectivity index (χ2v) is 6.71. The van der Waals surface area contributed by atoms with Crippen LogP contribution >= 0.6 is 27.3 Å². The summed E-state index contributed by atoms with van der Waals surface area (Å²) in [4.78, 5) is 3.65. The molecular weight excluding hydrogens is 312 g/mol. The Morgan fingerprint density at radius 1 is 1.61 bits per heavy atom. The molecule has 0 spiro atoms. The van der Waals surface area contributed by atoms with Crippen molar-refractivity contribution in [3.63, 3.8) is 0 Å². The number of rotatable bonds is 5. The van der Waals surface area contributed by atoms with E-state index in [4.69, 9.17) is 10.5 Å². The van der Waals surface area contributed by atoms with Gasteiger partial charge in [-0.3, -0.25) is 4.90 Å². The van der Waals surface area contributed by atoms with Gasteiger partial charge in [-0.05, 0) is 48.3 Å². The molecule has 3 nitrogen and oxygen atoms in total. The van der Waals surface area contributed by atoms with Gasteiger partial charge in [0.25, 0.3) is 0 Å². The van der Waals surface area contributed by atoms with Crippen molar-refractivity contribution in [2.45, 2.75) is 31.4 Å². The van der Waals surface area contributed by atoms with Gasteiger partial charge in [0.15, 0.2) is 0 Å². The number of likely N-dealkylation sites (N-methyl/N-ethyl adjacent to an activating group) is 1. The zero-order chi connectivity index (χ0) is 13.0. The third-order valence-electron chi connectivity index (χ3n) is 3.44. The average Bonchev–Trinajstić information content (AvgIpc) is 2.78. The molecule has 18 heavy (non-hydrogen) atoms. The summed E-state index contributed by atoms with van der Waals surface area (Å²) in [7, 11) is 2.14. The molecular formula is C13H21BrN2OS. The normalized spacial score (nSPS) is 22.3. The smallest absolute Gasteiger partial charge is 0.0702 e. The molecule has 0 bridgehead atoms. The minimum atomic E-state index is 0.298. The Bertz CT molecular complexity index is 366. The molecule has 0 amide bonds. The molecule has 2 rings (SSSR count). The maximum Gasteiger partial charge on any atom is 0.0702 e. The first-order valence-corrected chi connectivity index (χ1v) is 8.14. The van der Waals surface area contributed by atoms with Crippen LogP contribution in [0, 0.1) is 0 Å². The predicted octanol–water partition coefficient (Wildman–Crippen LogP) is 3.01. The van der Waals surface area contributed by atoms with Crippen LogP contribution in [0.3, 0.4) is 0 Å². The van der Waals surface area contributed by atoms with E-state index in [-0.39, 0.29) is 0 Å². The van der Waals surface area contributed by atoms with Gasteiger partial charge in [0.05, 0.1) is 12.1 Å². The first-order valence-electron chi connectivity index (χ1n) is 6.46. The van der Waals surface area contributed by atoms with E-state index in [1.54, 1.807) is 11.3 Å². The molecule has 1 aromatic rings. The SMILES string of the molecule is CN(CC1CCCCO1)C(CN)c1cc(Br)cs1. The van der Waals surface area contributed by atoms with E-state index < -0.39 is 0 Å². The quantitative estimate of drug-likeness (QED) is 0.900. The van der Waals surface area contributed by atoms with E-state index >= 15 is 0 Å². The summed E-state index contributed by atoms with van der Waals surface area (Å²) in [6.45, 7) is 2.53. The fraction of sp³-hybridized carbons (Fsp3) is 0.692. The highest BCUT2D eigenvalue weighted by molar-refractivity contribution is 9.10. The maximum atomic E-state index is 5.93. The van der Waals surface area contributed by atoms with Gasteiger partial charge in [-0.25, -0.2) is 0 Å². The number of hydrogen-bond acceptors (Lipinski definition) is 4. The summed E-state index contributed by atoms with van der Waals surface area (Å²) >= 11 is 5.27. The van der Waals surface area contributed by atoms with Crippen molar-refractivity contribution < 1.29 is 4.74 Å². The fourth-order valence-electron chi connectivity index (χ4n) is 2.42. The van der Waals surface area contributed by atoms with E-state index in [2.05, 4.69) is 39.3 Å². The van der Waals surface area contributed by atoms with Gasteiger partial charge in [-0.1, -0.05) is 0 Å². The molecule has 0 aromatic carbocycles. The van der Waals surface area contributed by atoms with Crippen molar-refractivity contribution in [1.29, 1.82) is 0 Å². The Labute approximate surface area is 121 Å². The second-order valence-electron chi connectivity index (χ2n) is 4.85. The van der Waals surface area contributed by atoms with Crippen LogP contribution in [0.2, 0.25) is 0 Å². The van der Waals surface area contributed by atoms with Crippen molar-refractivity contribution in [1.82, 2.24) is 4.90 Å². The average molecular weight is 333 g/mol. The predicted molar refractivity (Wildman–Crippen MR) is 80.0 cm³/mol. The summed E-state index contributed by atoms with van der Waals surface area (Å²) in [6, 6.07) is 2.47. The Morgan fingerprint density at radius 2 is 2.44 bits per heavy atom. The van der Waals surface area contributed by atoms with Crippen LogP contribution < -0.4 is 5.73 Å². The monoisotopic (exact) mass is 332 g/mol. The van der Waals surface area contributed by atoms with E-state index in [0.717, 1.165) is 17.6 Å². The number of hydrogen-bond donors (Lipinski definition) is 1. The number of thiophene rings is 1. The minimum Gasteiger partial charge on any atom is -0.377 e. The van der Waals surface area contributed by atoms with Crippen LogP contribution in [-0.4, -0.2) is 37.7 Å². The first kappa shape index (κ1) is 14.5. The van der Waals surface area contributed by atoms with Gasteiger partial charge >= 0.3 is 0 Å². The van der Waals surface area contributed by atoms with Crippen molar-refractivity contribution >= 4 is 27.3 Å². The van der Waals surface area contributed by atoms with Crippen LogP contribution in [0.25, 0.3) is 0 Å². The molecule has 1 fully saturated rings. The zero-order valence-corrected chi connectivity index (χ0v) is 13.2. The van der Waals surface area contributed by atoms with Crippen LogP contribution in [0.1, 0.15) is 30.2 Å². The van der Waals surface area contributed by atoms with Crippen LogP contribution in [-0.2, 0) is 4.74 Å². The van der Waals surface area contributed by atoms with Gasteiger partial charge in [0.2, 0.25) is 0 Å². The largest absolute Gasteiger partial charge is 0.377 e. The van der Waals surface area contributed by atoms with Gasteiger partial charge < -0.3 is 10.5 Å². The molecule has 2 N–H and O–H groups in total. The number of nitrogens with zero attached hydrogens (tertiary/aromatic N) is 1. The van der Waals surface area contributed by atoms with Crippen molar-refractivity contribution in [3.05, 3.63) is 20.8 Å². The van der Waals surface area contributed by atoms with Gasteiger partial charge in [0, 0.05) is 34.4 Å². The Kier molecular flexibility index (Phi) is 5.63. The summed E-state index contributed by atoms with van der Waals surface area (Å²) in [5.41, 5.74) is 5.93. The van der Waals surface area contributed by atoms with Crippen molar-refractivity contribution in [3.8, 4) is 0 Å². The van der Waals surface area contributed by atoms with E-state index in [9.17, 15) is 0 Å². The summed E-state index contributed by atoms with van der Waals surface area (Å²) in [5, 5.41) is 2.11. The lowest BCUT2D eigenvalue weighted by Gasteiger charge is -2.31. The molecule has 5 heteroatoms. The fourth-order valence-corrected chi connectivity index (χ4v) is 4.04. The highest BCUT2D eigenvalue weighted by atomic mass is 79.9. The summed E-state index contributed by atoms with van der Waals surface area (Å²) < 4.78 is 6.94. The number of ether oxygens (including phenoxy) is 1. The molecule has 2 atom stereocenters. The van der Waals surface area contributed by atoms with Crippen molar-refractivity contribution in [2.75, 3.05) is 26.7 Å². The molecule has 102 valence electrons. The lowest BCUT2D eigenvalue weighted by molar-refractivity contribution is -0.00755. The highest BCUT2D eigenvalue weighted by Gasteiger charge is 2.22. The van der Waals surface area contributed by atoms with Crippen molar-refractivity contribution in [2.24, 2.45) is 5.73 Å². The summed E-state index contributed by atoms with van der Waals surface area (Å²) in [6.07, 6.45) is 4.05. The lowest BCUT2D eigenvalue weighted by Crippen LogP contribution is -2.38. The number of nitrogens with two attached hydrogens (primary N) is 1. The Morgan fingerprint density at radius 3 is 3.00 bits per heavy atom. The standard InChI is InChI=1S/C13H21BrN2OS/c1-16(8-11-4-2-3-5-17-11)12(7-15)13-6-10(14)9-18-13/h6,9,11-12H,2-5,7-8,15H2,1H3. The molecule has 1 aromatic heterocycles. The molecule has 0 saturated carbocycles. The molecule has 0 aliphatic carbocycles. The van der Waals surface area contributed by atoms with Gasteiger partial charge in [-0.15, -0.1) is 11.3 Å². The van der Waals surface area contributed by atoms with Gasteiger partial charge in [0.1, 0.15) is 0 Å². The molecule has 1 saturated heterocycles. The zero-order valence-electron chi connectivity index (χ0n) is 10.8. The first-order chi connectivity index (χ1) is 8.70. The maximum absolute atomic E-state index is 5.93. The van der Waals surface area contributed by atoms with E-state index in [1.807, 2.05) is 0 Å². The number of halogens is 1. The third-order valence-corrected chi connectivity index (χ3v) is 5.23. The molecule has 2 heterocycles. The van der Waals surface area contributed by atoms with Gasteiger partial charge in [-0.2, -0.15) is 0 Å². The molecule has 1 aliphatic rings. The second kappa shape index (κ2) is 7.01. The lowest BCUT2D eigenvalue weighted by atomic mass is 10.1. The summed E-state index contributed by atoms with van der Waals surface area (Å²) in [5.74, 6) is 0. The topological polar surface area (TPSA) is 38.5 Å². The molecule has 1 aliphatic heterocycles. The Hall–Kier alpha value is 0.0600. The highest BCUT2D eigenvalue weighted by Crippen LogP contribution is 2.29.